The van der Waals surface area contributed by atoms with Gasteiger partial charge in [0.05, 0.1) is 4.92 Å². The number of nitrogens with one attached hydrogen (secondary N) is 1. The number of anilines is 1. The molecule has 0 spiro atoms. The Labute approximate surface area is 113 Å². The fraction of sp³-hybridized carbons (Fsp3) is 0.571. The molecular formula is C14H21N3O2. The summed E-state index contributed by atoms with van der Waals surface area (Å²) in [6, 6.07) is 5.32. The van der Waals surface area contributed by atoms with E-state index >= 15 is 0 Å². The Bertz CT molecular complexity index is 482. The monoisotopic (exact) mass is 263 g/mol. The van der Waals surface area contributed by atoms with E-state index in [0.29, 0.717) is 5.56 Å². The summed E-state index contributed by atoms with van der Waals surface area (Å²) in [6.07, 6.45) is 3.62. The molecule has 19 heavy (non-hydrogen) atoms. The first-order valence-corrected chi connectivity index (χ1v) is 6.61. The molecule has 5 nitrogen and oxygen atoms in total. The minimum atomic E-state index is -0.328. The zero-order valence-corrected chi connectivity index (χ0v) is 11.8. The van der Waals surface area contributed by atoms with Gasteiger partial charge < -0.3 is 10.2 Å². The van der Waals surface area contributed by atoms with Crippen LogP contribution >= 0.6 is 0 Å². The Morgan fingerprint density at radius 1 is 1.42 bits per heavy atom. The SMILES string of the molecule is Cc1ccc(NCC2(N(C)C)CCC2)cc1[N+](=O)[O-]. The van der Waals surface area contributed by atoms with Crippen molar-refractivity contribution in [1.82, 2.24) is 4.90 Å². The first kappa shape index (κ1) is 13.8. The number of aryl methyl sites for hydroxylation is 1. The maximum atomic E-state index is 10.9. The number of nitrogens with zero attached hydrogens (tertiary/aromatic N) is 2. The van der Waals surface area contributed by atoms with Gasteiger partial charge in [0, 0.05) is 29.4 Å². The Morgan fingerprint density at radius 3 is 2.58 bits per heavy atom. The molecule has 1 aromatic rings. The molecule has 0 heterocycles. The molecule has 1 aromatic carbocycles. The molecule has 0 radical (unpaired) electrons. The predicted molar refractivity (Wildman–Crippen MR) is 76.6 cm³/mol. The van der Waals surface area contributed by atoms with Crippen molar-refractivity contribution in [2.45, 2.75) is 31.7 Å². The van der Waals surface area contributed by atoms with Gasteiger partial charge in [-0.25, -0.2) is 0 Å². The van der Waals surface area contributed by atoms with Gasteiger partial charge in [0.1, 0.15) is 0 Å². The standard InChI is InChI=1S/C14H21N3O2/c1-11-5-6-12(9-13(11)17(18)19)15-10-14(16(2)3)7-4-8-14/h5-6,9,15H,4,7-8,10H2,1-3H3. The molecule has 5 heteroatoms. The highest BCUT2D eigenvalue weighted by Gasteiger charge is 2.38. The fourth-order valence-corrected chi connectivity index (χ4v) is 2.55. The third kappa shape index (κ3) is 2.71. The molecule has 1 aliphatic carbocycles. The molecule has 1 N–H and O–H groups in total. The van der Waals surface area contributed by atoms with E-state index in [9.17, 15) is 10.1 Å². The molecule has 0 amide bonds. The summed E-state index contributed by atoms with van der Waals surface area (Å²) in [5.41, 5.74) is 1.91. The lowest BCUT2D eigenvalue weighted by Crippen LogP contribution is -2.54. The lowest BCUT2D eigenvalue weighted by molar-refractivity contribution is -0.385. The molecular weight excluding hydrogens is 242 g/mol. The molecule has 0 aliphatic heterocycles. The zero-order valence-electron chi connectivity index (χ0n) is 11.8. The van der Waals surface area contributed by atoms with E-state index in [0.717, 1.165) is 12.2 Å². The van der Waals surface area contributed by atoms with Gasteiger partial charge in [0.25, 0.3) is 5.69 Å². The van der Waals surface area contributed by atoms with Crippen LogP contribution in [0.15, 0.2) is 18.2 Å². The van der Waals surface area contributed by atoms with E-state index in [1.54, 1.807) is 19.1 Å². The molecule has 1 aliphatic rings. The molecule has 0 saturated heterocycles. The molecule has 1 fully saturated rings. The largest absolute Gasteiger partial charge is 0.383 e. The quantitative estimate of drug-likeness (QED) is 0.655. The van der Waals surface area contributed by atoms with Crippen molar-refractivity contribution in [3.8, 4) is 0 Å². The van der Waals surface area contributed by atoms with Gasteiger partial charge in [-0.3, -0.25) is 10.1 Å². The maximum absolute atomic E-state index is 10.9. The first-order chi connectivity index (χ1) is 8.94. The summed E-state index contributed by atoms with van der Waals surface area (Å²) in [7, 11) is 4.19. The topological polar surface area (TPSA) is 58.4 Å². The third-order valence-electron chi connectivity index (χ3n) is 4.26. The molecule has 0 atom stereocenters. The third-order valence-corrected chi connectivity index (χ3v) is 4.26. The van der Waals surface area contributed by atoms with Crippen LogP contribution in [0.25, 0.3) is 0 Å². The average Bonchev–Trinajstić information content (AvgIpc) is 2.28. The van der Waals surface area contributed by atoms with Crippen molar-refractivity contribution < 1.29 is 4.92 Å². The summed E-state index contributed by atoms with van der Waals surface area (Å²) < 4.78 is 0. The van der Waals surface area contributed by atoms with Crippen molar-refractivity contribution in [2.75, 3.05) is 26.0 Å². The van der Waals surface area contributed by atoms with E-state index < -0.39 is 0 Å². The number of nitro groups is 1. The summed E-state index contributed by atoms with van der Waals surface area (Å²) in [4.78, 5) is 12.8. The van der Waals surface area contributed by atoms with E-state index in [1.165, 1.54) is 19.3 Å². The van der Waals surface area contributed by atoms with Crippen molar-refractivity contribution in [2.24, 2.45) is 0 Å². The number of rotatable bonds is 5. The van der Waals surface area contributed by atoms with E-state index in [4.69, 9.17) is 0 Å². The van der Waals surface area contributed by atoms with Crippen LogP contribution in [0.3, 0.4) is 0 Å². The van der Waals surface area contributed by atoms with Crippen molar-refractivity contribution in [1.29, 1.82) is 0 Å². The molecule has 0 bridgehead atoms. The van der Waals surface area contributed by atoms with E-state index in [1.807, 2.05) is 6.07 Å². The molecule has 0 aromatic heterocycles. The van der Waals surface area contributed by atoms with Crippen molar-refractivity contribution in [3.63, 3.8) is 0 Å². The second kappa shape index (κ2) is 5.17. The first-order valence-electron chi connectivity index (χ1n) is 6.61. The van der Waals surface area contributed by atoms with E-state index in [-0.39, 0.29) is 16.1 Å². The van der Waals surface area contributed by atoms with Gasteiger partial charge >= 0.3 is 0 Å². The number of hydrogen-bond acceptors (Lipinski definition) is 4. The van der Waals surface area contributed by atoms with Crippen LogP contribution in [0.5, 0.6) is 0 Å². The van der Waals surface area contributed by atoms with Crippen LogP contribution in [0.1, 0.15) is 24.8 Å². The van der Waals surface area contributed by atoms with Gasteiger partial charge in [0.15, 0.2) is 0 Å². The Kier molecular flexibility index (Phi) is 3.75. The van der Waals surface area contributed by atoms with E-state index in [2.05, 4.69) is 24.3 Å². The second-order valence-electron chi connectivity index (χ2n) is 5.58. The summed E-state index contributed by atoms with van der Waals surface area (Å²) >= 11 is 0. The minimum Gasteiger partial charge on any atom is -0.383 e. The molecule has 2 rings (SSSR count). The normalized spacial score (nSPS) is 17.1. The van der Waals surface area contributed by atoms with Gasteiger partial charge in [-0.1, -0.05) is 6.07 Å². The van der Waals surface area contributed by atoms with Crippen molar-refractivity contribution >= 4 is 11.4 Å². The smallest absolute Gasteiger partial charge is 0.274 e. The van der Waals surface area contributed by atoms with Crippen LogP contribution in [0.2, 0.25) is 0 Å². The highest BCUT2D eigenvalue weighted by atomic mass is 16.6. The van der Waals surface area contributed by atoms with Gasteiger partial charge in [-0.05, 0) is 46.3 Å². The second-order valence-corrected chi connectivity index (χ2v) is 5.58. The summed E-state index contributed by atoms with van der Waals surface area (Å²) in [6.45, 7) is 2.59. The molecule has 1 saturated carbocycles. The highest BCUT2D eigenvalue weighted by molar-refractivity contribution is 5.55. The Morgan fingerprint density at radius 2 is 2.11 bits per heavy atom. The maximum Gasteiger partial charge on any atom is 0.274 e. The lowest BCUT2D eigenvalue weighted by atomic mass is 9.75. The minimum absolute atomic E-state index is 0.178. The van der Waals surface area contributed by atoms with Crippen LogP contribution in [0, 0.1) is 17.0 Å². The highest BCUT2D eigenvalue weighted by Crippen LogP contribution is 2.36. The van der Waals surface area contributed by atoms with Gasteiger partial charge in [-0.2, -0.15) is 0 Å². The van der Waals surface area contributed by atoms with Crippen LogP contribution in [-0.2, 0) is 0 Å². The Hall–Kier alpha value is -1.62. The predicted octanol–water partition coefficient (Wildman–Crippen LogP) is 2.80. The van der Waals surface area contributed by atoms with Crippen LogP contribution in [0.4, 0.5) is 11.4 Å². The number of hydrogen-bond donors (Lipinski definition) is 1. The number of benzene rings is 1. The number of likely N-dealkylation sites (N-methyl/N-ethyl adjacent to an activating group) is 1. The molecule has 0 unspecified atom stereocenters. The Balaban J connectivity index is 2.08. The van der Waals surface area contributed by atoms with Crippen molar-refractivity contribution in [3.05, 3.63) is 33.9 Å². The average molecular weight is 263 g/mol. The fourth-order valence-electron chi connectivity index (χ4n) is 2.55. The zero-order chi connectivity index (χ0) is 14.0. The molecule has 104 valence electrons. The van der Waals surface area contributed by atoms with Crippen LogP contribution < -0.4 is 5.32 Å². The van der Waals surface area contributed by atoms with Gasteiger partial charge in [-0.15, -0.1) is 0 Å². The lowest BCUT2D eigenvalue weighted by Gasteiger charge is -2.47. The van der Waals surface area contributed by atoms with Gasteiger partial charge in [0.2, 0.25) is 0 Å². The summed E-state index contributed by atoms with van der Waals surface area (Å²) in [5.74, 6) is 0. The van der Waals surface area contributed by atoms with Crippen LogP contribution in [-0.4, -0.2) is 36.0 Å². The number of nitro benzene ring substituents is 1. The summed E-state index contributed by atoms with van der Waals surface area (Å²) in [5, 5.41) is 14.3.